The minimum atomic E-state index is 0.337. The second-order valence-electron chi connectivity index (χ2n) is 5.49. The maximum Gasteiger partial charge on any atom is 0.202 e. The molecule has 2 heterocycles. The fraction of sp³-hybridized carbons (Fsp3) is 0.833. The van der Waals surface area contributed by atoms with Crippen LogP contribution in [0.4, 0.5) is 5.13 Å². The minimum absolute atomic E-state index is 0.337. The molecule has 1 unspecified atom stereocenters. The Morgan fingerprint density at radius 3 is 2.89 bits per heavy atom. The lowest BCUT2D eigenvalue weighted by Crippen LogP contribution is -2.31. The first-order valence-electron chi connectivity index (χ1n) is 6.71. The SMILES string of the molecule is CN1CCCN(C)C(c2nsc(NC3CC3)n2)C1. The summed E-state index contributed by atoms with van der Waals surface area (Å²) in [4.78, 5) is 9.43. The van der Waals surface area contributed by atoms with Crippen molar-refractivity contribution >= 4 is 16.7 Å². The molecule has 18 heavy (non-hydrogen) atoms. The van der Waals surface area contributed by atoms with Crippen LogP contribution >= 0.6 is 11.5 Å². The average Bonchev–Trinajstić information content (AvgIpc) is 3.05. The van der Waals surface area contributed by atoms with Crippen molar-refractivity contribution in [3.63, 3.8) is 0 Å². The van der Waals surface area contributed by atoms with Gasteiger partial charge in [0.25, 0.3) is 0 Å². The zero-order valence-corrected chi connectivity index (χ0v) is 11.9. The van der Waals surface area contributed by atoms with Gasteiger partial charge in [0.2, 0.25) is 5.13 Å². The Balaban J connectivity index is 1.72. The quantitative estimate of drug-likeness (QED) is 0.897. The Morgan fingerprint density at radius 1 is 1.28 bits per heavy atom. The van der Waals surface area contributed by atoms with E-state index >= 15 is 0 Å². The predicted octanol–water partition coefficient (Wildman–Crippen LogP) is 1.42. The van der Waals surface area contributed by atoms with Gasteiger partial charge in [0.15, 0.2) is 5.82 Å². The van der Waals surface area contributed by atoms with Crippen molar-refractivity contribution in [1.29, 1.82) is 0 Å². The predicted molar refractivity (Wildman–Crippen MR) is 74.0 cm³/mol. The van der Waals surface area contributed by atoms with E-state index in [2.05, 4.69) is 38.6 Å². The van der Waals surface area contributed by atoms with Gasteiger partial charge in [0, 0.05) is 24.1 Å². The summed E-state index contributed by atoms with van der Waals surface area (Å²) < 4.78 is 4.55. The van der Waals surface area contributed by atoms with Crippen LogP contribution < -0.4 is 5.32 Å². The largest absolute Gasteiger partial charge is 0.358 e. The maximum atomic E-state index is 4.67. The molecule has 1 aliphatic heterocycles. The van der Waals surface area contributed by atoms with E-state index in [4.69, 9.17) is 0 Å². The van der Waals surface area contributed by atoms with Gasteiger partial charge >= 0.3 is 0 Å². The van der Waals surface area contributed by atoms with Crippen LogP contribution in [0.2, 0.25) is 0 Å². The van der Waals surface area contributed by atoms with Gasteiger partial charge in [-0.25, -0.2) is 4.98 Å². The summed E-state index contributed by atoms with van der Waals surface area (Å²) in [5, 5.41) is 4.42. The third kappa shape index (κ3) is 2.81. The van der Waals surface area contributed by atoms with Gasteiger partial charge in [-0.1, -0.05) is 0 Å². The molecule has 0 bridgehead atoms. The zero-order valence-electron chi connectivity index (χ0n) is 11.1. The zero-order chi connectivity index (χ0) is 12.5. The Kier molecular flexibility index (Phi) is 3.50. The molecule has 0 radical (unpaired) electrons. The van der Waals surface area contributed by atoms with Gasteiger partial charge in [-0.3, -0.25) is 4.90 Å². The lowest BCUT2D eigenvalue weighted by molar-refractivity contribution is 0.221. The summed E-state index contributed by atoms with van der Waals surface area (Å²) in [6, 6.07) is 0.990. The lowest BCUT2D eigenvalue weighted by atomic mass is 10.2. The van der Waals surface area contributed by atoms with Gasteiger partial charge in [0.05, 0.1) is 6.04 Å². The number of hydrogen-bond donors (Lipinski definition) is 1. The number of nitrogens with one attached hydrogen (secondary N) is 1. The average molecular weight is 267 g/mol. The third-order valence-corrected chi connectivity index (χ3v) is 4.37. The molecular weight excluding hydrogens is 246 g/mol. The third-order valence-electron chi connectivity index (χ3n) is 3.71. The van der Waals surface area contributed by atoms with E-state index in [1.807, 2.05) is 0 Å². The van der Waals surface area contributed by atoms with Gasteiger partial charge in [-0.15, -0.1) is 0 Å². The number of rotatable bonds is 3. The number of aromatic nitrogens is 2. The molecule has 1 saturated heterocycles. The summed E-state index contributed by atoms with van der Waals surface area (Å²) in [5.41, 5.74) is 0. The van der Waals surface area contributed by atoms with Crippen LogP contribution in [0.3, 0.4) is 0 Å². The van der Waals surface area contributed by atoms with E-state index in [0.717, 1.165) is 30.6 Å². The van der Waals surface area contributed by atoms with Crippen molar-refractivity contribution in [2.45, 2.75) is 31.3 Å². The number of nitrogens with zero attached hydrogens (tertiary/aromatic N) is 4. The first kappa shape index (κ1) is 12.3. The molecule has 100 valence electrons. The Labute approximate surface area is 112 Å². The summed E-state index contributed by atoms with van der Waals surface area (Å²) >= 11 is 1.50. The summed E-state index contributed by atoms with van der Waals surface area (Å²) in [7, 11) is 4.36. The van der Waals surface area contributed by atoms with Crippen molar-refractivity contribution < 1.29 is 0 Å². The van der Waals surface area contributed by atoms with E-state index in [0.29, 0.717) is 12.1 Å². The lowest BCUT2D eigenvalue weighted by Gasteiger charge is -2.24. The van der Waals surface area contributed by atoms with Crippen LogP contribution in [0, 0.1) is 0 Å². The van der Waals surface area contributed by atoms with E-state index in [1.165, 1.54) is 30.8 Å². The number of likely N-dealkylation sites (N-methyl/N-ethyl adjacent to an activating group) is 2. The Hall–Kier alpha value is -0.720. The molecule has 0 aromatic carbocycles. The second kappa shape index (κ2) is 5.11. The van der Waals surface area contributed by atoms with Crippen LogP contribution in [0.25, 0.3) is 0 Å². The molecule has 1 aromatic heterocycles. The molecule has 6 heteroatoms. The number of anilines is 1. The van der Waals surface area contributed by atoms with Crippen LogP contribution in [0.5, 0.6) is 0 Å². The van der Waals surface area contributed by atoms with Crippen LogP contribution in [0.1, 0.15) is 31.1 Å². The van der Waals surface area contributed by atoms with Crippen LogP contribution in [0.15, 0.2) is 0 Å². The molecule has 1 aromatic rings. The molecule has 2 aliphatic rings. The molecule has 0 amide bonds. The van der Waals surface area contributed by atoms with E-state index in [1.54, 1.807) is 0 Å². The van der Waals surface area contributed by atoms with E-state index in [-0.39, 0.29) is 0 Å². The van der Waals surface area contributed by atoms with Gasteiger partial charge in [-0.2, -0.15) is 4.37 Å². The summed E-state index contributed by atoms with van der Waals surface area (Å²) in [6.07, 6.45) is 3.78. The fourth-order valence-corrected chi connectivity index (χ4v) is 3.08. The van der Waals surface area contributed by atoms with Crippen molar-refractivity contribution in [2.24, 2.45) is 0 Å². The molecule has 1 N–H and O–H groups in total. The first-order chi connectivity index (χ1) is 8.72. The van der Waals surface area contributed by atoms with Gasteiger partial charge in [-0.05, 0) is 46.4 Å². The molecule has 1 saturated carbocycles. The number of hydrogen-bond acceptors (Lipinski definition) is 6. The van der Waals surface area contributed by atoms with Crippen molar-refractivity contribution in [3.05, 3.63) is 5.82 Å². The Bertz CT molecular complexity index is 403. The normalized spacial score (nSPS) is 27.1. The van der Waals surface area contributed by atoms with E-state index in [9.17, 15) is 0 Å². The van der Waals surface area contributed by atoms with Crippen molar-refractivity contribution in [2.75, 3.05) is 39.0 Å². The highest BCUT2D eigenvalue weighted by Gasteiger charge is 2.27. The fourth-order valence-electron chi connectivity index (χ4n) is 2.38. The summed E-state index contributed by atoms with van der Waals surface area (Å²) in [6.45, 7) is 3.31. The first-order valence-corrected chi connectivity index (χ1v) is 7.48. The summed E-state index contributed by atoms with van der Waals surface area (Å²) in [5.74, 6) is 0.986. The molecule has 1 atom stereocenters. The molecule has 3 rings (SSSR count). The monoisotopic (exact) mass is 267 g/mol. The topological polar surface area (TPSA) is 44.3 Å². The Morgan fingerprint density at radius 2 is 2.11 bits per heavy atom. The molecule has 2 fully saturated rings. The maximum absolute atomic E-state index is 4.67. The molecule has 0 spiro atoms. The minimum Gasteiger partial charge on any atom is -0.358 e. The highest BCUT2D eigenvalue weighted by Crippen LogP contribution is 2.28. The highest BCUT2D eigenvalue weighted by molar-refractivity contribution is 7.09. The van der Waals surface area contributed by atoms with Gasteiger partial charge in [0.1, 0.15) is 0 Å². The van der Waals surface area contributed by atoms with E-state index < -0.39 is 0 Å². The standard InChI is InChI=1S/C12H21N5S/c1-16-6-3-7-17(2)10(8-16)11-14-12(18-15-11)13-9-4-5-9/h9-10H,3-8H2,1-2H3,(H,13,14,15). The highest BCUT2D eigenvalue weighted by atomic mass is 32.1. The van der Waals surface area contributed by atoms with Crippen LogP contribution in [-0.2, 0) is 0 Å². The molecule has 1 aliphatic carbocycles. The smallest absolute Gasteiger partial charge is 0.202 e. The van der Waals surface area contributed by atoms with Crippen molar-refractivity contribution in [3.8, 4) is 0 Å². The molecular formula is C12H21N5S. The molecule has 5 nitrogen and oxygen atoms in total. The van der Waals surface area contributed by atoms with Crippen LogP contribution in [-0.4, -0.2) is 58.9 Å². The van der Waals surface area contributed by atoms with Crippen molar-refractivity contribution in [1.82, 2.24) is 19.2 Å². The second-order valence-corrected chi connectivity index (χ2v) is 6.24. The van der Waals surface area contributed by atoms with Gasteiger partial charge < -0.3 is 10.2 Å².